The molecule has 8 heteroatoms. The molecule has 1 aromatic carbocycles. The summed E-state index contributed by atoms with van der Waals surface area (Å²) < 4.78 is 48.6. The van der Waals surface area contributed by atoms with Crippen LogP contribution in [0, 0.1) is 13.8 Å². The third-order valence-electron chi connectivity index (χ3n) is 4.83. The Morgan fingerprint density at radius 2 is 1.83 bits per heavy atom. The zero-order valence-corrected chi connectivity index (χ0v) is 15.7. The predicted octanol–water partition coefficient (Wildman–Crippen LogP) is 3.93. The van der Waals surface area contributed by atoms with Crippen molar-refractivity contribution in [3.8, 4) is 11.1 Å². The quantitative estimate of drug-likeness (QED) is 0.490. The number of halogens is 3. The summed E-state index contributed by atoms with van der Waals surface area (Å²) in [6, 6.07) is 10.5. The van der Waals surface area contributed by atoms with E-state index in [0.717, 1.165) is 6.07 Å². The number of benzene rings is 1. The smallest absolute Gasteiger partial charge is 0.361 e. The van der Waals surface area contributed by atoms with E-state index >= 15 is 0 Å². The van der Waals surface area contributed by atoms with Crippen molar-refractivity contribution < 1.29 is 22.3 Å². The fraction of sp³-hybridized carbons (Fsp3) is 0.190. The molecule has 4 aromatic rings. The molecule has 29 heavy (non-hydrogen) atoms. The van der Waals surface area contributed by atoms with Gasteiger partial charge in [0.25, 0.3) is 5.65 Å². The van der Waals surface area contributed by atoms with Crippen LogP contribution in [0.25, 0.3) is 16.8 Å². The van der Waals surface area contributed by atoms with E-state index in [1.54, 1.807) is 55.1 Å². The van der Waals surface area contributed by atoms with E-state index in [0.29, 0.717) is 28.2 Å². The van der Waals surface area contributed by atoms with E-state index in [1.165, 1.54) is 16.5 Å². The van der Waals surface area contributed by atoms with Crippen LogP contribution in [0.4, 0.5) is 13.2 Å². The lowest BCUT2D eigenvalue weighted by molar-refractivity contribution is -0.665. The molecule has 0 saturated carbocycles. The molecule has 0 aliphatic carbocycles. The van der Waals surface area contributed by atoms with E-state index in [4.69, 9.17) is 4.52 Å². The number of alkyl halides is 3. The highest BCUT2D eigenvalue weighted by Crippen LogP contribution is 2.32. The molecule has 0 fully saturated rings. The number of nitrogens with zero attached hydrogens (tertiary/aromatic N) is 3. The molecule has 0 saturated heterocycles. The molecule has 3 aromatic heterocycles. The second-order valence-electron chi connectivity index (χ2n) is 6.76. The first kappa shape index (κ1) is 18.9. The minimum absolute atomic E-state index is 0.0557. The van der Waals surface area contributed by atoms with Gasteiger partial charge in [0.15, 0.2) is 0 Å². The van der Waals surface area contributed by atoms with Crippen LogP contribution in [-0.4, -0.2) is 9.56 Å². The van der Waals surface area contributed by atoms with Crippen molar-refractivity contribution in [2.45, 2.75) is 26.6 Å². The van der Waals surface area contributed by atoms with Gasteiger partial charge in [-0.25, -0.2) is 9.36 Å². The first-order chi connectivity index (χ1) is 13.8. The Morgan fingerprint density at radius 1 is 1.10 bits per heavy atom. The summed E-state index contributed by atoms with van der Waals surface area (Å²) in [6.07, 6.45) is -1.31. The fourth-order valence-corrected chi connectivity index (χ4v) is 3.53. The van der Waals surface area contributed by atoms with Gasteiger partial charge in [-0.2, -0.15) is 17.6 Å². The molecule has 4 rings (SSSR count). The largest absolute Gasteiger partial charge is 0.416 e. The zero-order valence-electron chi connectivity index (χ0n) is 15.7. The minimum atomic E-state index is -4.47. The average molecular weight is 400 g/mol. The van der Waals surface area contributed by atoms with E-state index in [2.05, 4.69) is 5.16 Å². The molecule has 3 heterocycles. The monoisotopic (exact) mass is 400 g/mol. The van der Waals surface area contributed by atoms with Gasteiger partial charge >= 0.3 is 11.7 Å². The van der Waals surface area contributed by atoms with Crippen LogP contribution in [0.2, 0.25) is 0 Å². The molecular weight excluding hydrogens is 383 g/mol. The standard InChI is InChI=1S/C21H17F3N3O2/c1-13-19(14(2)29-25-13)16-12-26(18-9-5-6-10-27(18)20(16)28)11-15-7-3-4-8-17(15)21(22,23)24/h3-10,12H,11H2,1-2H3/q+1. The van der Waals surface area contributed by atoms with Crippen molar-refractivity contribution in [3.05, 3.63) is 87.8 Å². The van der Waals surface area contributed by atoms with E-state index in [-0.39, 0.29) is 17.7 Å². The molecule has 5 nitrogen and oxygen atoms in total. The summed E-state index contributed by atoms with van der Waals surface area (Å²) in [4.78, 5) is 13.1. The Labute approximate surface area is 163 Å². The Balaban J connectivity index is 1.97. The molecule has 0 bridgehead atoms. The van der Waals surface area contributed by atoms with E-state index in [1.807, 2.05) is 0 Å². The Hall–Kier alpha value is -3.42. The Morgan fingerprint density at radius 3 is 2.52 bits per heavy atom. The first-order valence-electron chi connectivity index (χ1n) is 8.89. The number of aromatic nitrogens is 3. The van der Waals surface area contributed by atoms with Gasteiger partial charge in [0.05, 0.1) is 23.0 Å². The molecule has 0 unspecified atom stereocenters. The van der Waals surface area contributed by atoms with Gasteiger partial charge in [-0.3, -0.25) is 0 Å². The SMILES string of the molecule is Cc1noc(C)c1-c1c[n+](Cc2ccccc2C(F)(F)F)c2ccccn2c1=O. The lowest BCUT2D eigenvalue weighted by atomic mass is 10.1. The summed E-state index contributed by atoms with van der Waals surface area (Å²) in [5, 5.41) is 3.89. The Bertz CT molecular complexity index is 1250. The zero-order chi connectivity index (χ0) is 20.8. The second kappa shape index (κ2) is 6.88. The van der Waals surface area contributed by atoms with Gasteiger partial charge in [0.1, 0.15) is 24.1 Å². The third-order valence-corrected chi connectivity index (χ3v) is 4.83. The molecule has 0 radical (unpaired) electrons. The highest BCUT2D eigenvalue weighted by atomic mass is 19.4. The third kappa shape index (κ3) is 3.30. The summed E-state index contributed by atoms with van der Waals surface area (Å²) >= 11 is 0. The number of hydrogen-bond donors (Lipinski definition) is 0. The predicted molar refractivity (Wildman–Crippen MR) is 99.4 cm³/mol. The highest BCUT2D eigenvalue weighted by Gasteiger charge is 2.33. The van der Waals surface area contributed by atoms with Crippen LogP contribution < -0.4 is 10.1 Å². The Kier molecular flexibility index (Phi) is 4.49. The molecule has 0 aliphatic heterocycles. The van der Waals surface area contributed by atoms with Gasteiger partial charge in [0.2, 0.25) is 0 Å². The number of hydrogen-bond acceptors (Lipinski definition) is 3. The van der Waals surface area contributed by atoms with Gasteiger partial charge in [-0.1, -0.05) is 29.4 Å². The lowest BCUT2D eigenvalue weighted by Crippen LogP contribution is -2.41. The van der Waals surface area contributed by atoms with Gasteiger partial charge < -0.3 is 4.52 Å². The number of pyridine rings is 1. The first-order valence-corrected chi connectivity index (χ1v) is 8.89. The average Bonchev–Trinajstić information content (AvgIpc) is 3.02. The molecular formula is C21H17F3N3O2+. The van der Waals surface area contributed by atoms with Crippen molar-refractivity contribution in [1.29, 1.82) is 0 Å². The number of aryl methyl sites for hydroxylation is 2. The lowest BCUT2D eigenvalue weighted by Gasteiger charge is -2.13. The van der Waals surface area contributed by atoms with Crippen molar-refractivity contribution in [2.75, 3.05) is 0 Å². The van der Waals surface area contributed by atoms with Crippen LogP contribution in [0.15, 0.2) is 64.2 Å². The molecule has 0 spiro atoms. The molecule has 0 aliphatic rings. The second-order valence-corrected chi connectivity index (χ2v) is 6.76. The maximum absolute atomic E-state index is 13.5. The van der Waals surface area contributed by atoms with Crippen LogP contribution in [-0.2, 0) is 12.7 Å². The number of fused-ring (bicyclic) bond motifs is 1. The van der Waals surface area contributed by atoms with Gasteiger partial charge in [-0.05, 0) is 26.0 Å². The topological polar surface area (TPSA) is 51.4 Å². The highest BCUT2D eigenvalue weighted by molar-refractivity contribution is 5.66. The molecule has 0 amide bonds. The van der Waals surface area contributed by atoms with Gasteiger partial charge in [0, 0.05) is 11.6 Å². The normalized spacial score (nSPS) is 11.9. The van der Waals surface area contributed by atoms with Crippen molar-refractivity contribution in [2.24, 2.45) is 0 Å². The van der Waals surface area contributed by atoms with E-state index < -0.39 is 11.7 Å². The maximum atomic E-state index is 13.5. The molecule has 0 N–H and O–H groups in total. The van der Waals surface area contributed by atoms with Crippen LogP contribution in [0.3, 0.4) is 0 Å². The fourth-order valence-electron chi connectivity index (χ4n) is 3.53. The van der Waals surface area contributed by atoms with Crippen LogP contribution >= 0.6 is 0 Å². The van der Waals surface area contributed by atoms with E-state index in [9.17, 15) is 18.0 Å². The number of rotatable bonds is 3. The summed E-state index contributed by atoms with van der Waals surface area (Å²) in [5.41, 5.74) is 0.990. The minimum Gasteiger partial charge on any atom is -0.361 e. The summed E-state index contributed by atoms with van der Waals surface area (Å²) in [5.74, 6) is 0.470. The molecule has 0 atom stereocenters. The molecule has 148 valence electrons. The van der Waals surface area contributed by atoms with Gasteiger partial charge in [-0.15, -0.1) is 0 Å². The summed E-state index contributed by atoms with van der Waals surface area (Å²) in [7, 11) is 0. The van der Waals surface area contributed by atoms with Crippen molar-refractivity contribution in [3.63, 3.8) is 0 Å². The maximum Gasteiger partial charge on any atom is 0.416 e. The van der Waals surface area contributed by atoms with Crippen LogP contribution in [0.5, 0.6) is 0 Å². The van der Waals surface area contributed by atoms with Crippen molar-refractivity contribution in [1.82, 2.24) is 9.56 Å². The van der Waals surface area contributed by atoms with Crippen LogP contribution in [0.1, 0.15) is 22.6 Å². The van der Waals surface area contributed by atoms with Crippen molar-refractivity contribution >= 4 is 5.65 Å². The summed E-state index contributed by atoms with van der Waals surface area (Å²) in [6.45, 7) is 3.35.